The number of benzene rings is 1. The lowest BCUT2D eigenvalue weighted by atomic mass is 10.1. The Hall–Kier alpha value is -2.30. The SMILES string of the molecule is CCCN(Cc1ccccc1N)C(=O)c1cn[nH]c1. The third kappa shape index (κ3) is 3.13. The number of hydrogen-bond acceptors (Lipinski definition) is 3. The zero-order chi connectivity index (χ0) is 13.7. The van der Waals surface area contributed by atoms with Gasteiger partial charge in [-0.15, -0.1) is 0 Å². The number of nitrogens with two attached hydrogens (primary N) is 1. The first kappa shape index (κ1) is 13.1. The maximum absolute atomic E-state index is 12.3. The summed E-state index contributed by atoms with van der Waals surface area (Å²) in [6, 6.07) is 7.61. The lowest BCUT2D eigenvalue weighted by Crippen LogP contribution is -2.31. The molecule has 2 rings (SSSR count). The number of rotatable bonds is 5. The van der Waals surface area contributed by atoms with Gasteiger partial charge in [0, 0.05) is 25.0 Å². The summed E-state index contributed by atoms with van der Waals surface area (Å²) in [5.74, 6) is -0.0288. The zero-order valence-electron chi connectivity index (χ0n) is 11.0. The largest absolute Gasteiger partial charge is 0.398 e. The van der Waals surface area contributed by atoms with Gasteiger partial charge in [-0.2, -0.15) is 5.10 Å². The van der Waals surface area contributed by atoms with Crippen LogP contribution in [0, 0.1) is 0 Å². The van der Waals surface area contributed by atoms with Crippen LogP contribution in [0.1, 0.15) is 29.3 Å². The van der Waals surface area contributed by atoms with Crippen LogP contribution in [0.3, 0.4) is 0 Å². The van der Waals surface area contributed by atoms with Gasteiger partial charge < -0.3 is 10.6 Å². The molecule has 0 radical (unpaired) electrons. The first-order chi connectivity index (χ1) is 9.22. The normalized spacial score (nSPS) is 10.4. The topological polar surface area (TPSA) is 75.0 Å². The fraction of sp³-hybridized carbons (Fsp3) is 0.286. The van der Waals surface area contributed by atoms with E-state index in [4.69, 9.17) is 5.73 Å². The quantitative estimate of drug-likeness (QED) is 0.806. The molecule has 3 N–H and O–H groups in total. The Morgan fingerprint density at radius 3 is 2.84 bits per heavy atom. The van der Waals surface area contributed by atoms with E-state index in [1.807, 2.05) is 31.2 Å². The highest BCUT2D eigenvalue weighted by Gasteiger charge is 2.16. The number of nitrogen functional groups attached to an aromatic ring is 1. The minimum Gasteiger partial charge on any atom is -0.398 e. The Labute approximate surface area is 112 Å². The maximum Gasteiger partial charge on any atom is 0.257 e. The smallest absolute Gasteiger partial charge is 0.257 e. The summed E-state index contributed by atoms with van der Waals surface area (Å²) in [6.45, 7) is 3.26. The van der Waals surface area contributed by atoms with Crippen LogP contribution in [0.5, 0.6) is 0 Å². The number of carbonyl (C=O) groups excluding carboxylic acids is 1. The van der Waals surface area contributed by atoms with Crippen LogP contribution in [-0.4, -0.2) is 27.5 Å². The lowest BCUT2D eigenvalue weighted by molar-refractivity contribution is 0.0743. The molecule has 1 amide bonds. The van der Waals surface area contributed by atoms with Gasteiger partial charge in [0.1, 0.15) is 0 Å². The molecule has 0 saturated heterocycles. The second-order valence-corrected chi connectivity index (χ2v) is 4.41. The van der Waals surface area contributed by atoms with Crippen molar-refractivity contribution in [1.29, 1.82) is 0 Å². The van der Waals surface area contributed by atoms with E-state index in [0.717, 1.165) is 12.0 Å². The lowest BCUT2D eigenvalue weighted by Gasteiger charge is -2.22. The van der Waals surface area contributed by atoms with Crippen molar-refractivity contribution < 1.29 is 4.79 Å². The Kier molecular flexibility index (Phi) is 4.18. The van der Waals surface area contributed by atoms with E-state index in [-0.39, 0.29) is 5.91 Å². The van der Waals surface area contributed by atoms with Crippen molar-refractivity contribution in [1.82, 2.24) is 15.1 Å². The average Bonchev–Trinajstić information content (AvgIpc) is 2.94. The first-order valence-corrected chi connectivity index (χ1v) is 6.33. The molecule has 100 valence electrons. The summed E-state index contributed by atoms with van der Waals surface area (Å²) in [4.78, 5) is 14.1. The van der Waals surface area contributed by atoms with Crippen LogP contribution >= 0.6 is 0 Å². The monoisotopic (exact) mass is 258 g/mol. The van der Waals surface area contributed by atoms with Gasteiger partial charge in [-0.25, -0.2) is 0 Å². The molecule has 1 heterocycles. The van der Waals surface area contributed by atoms with Crippen molar-refractivity contribution in [2.75, 3.05) is 12.3 Å². The Morgan fingerprint density at radius 2 is 2.21 bits per heavy atom. The molecule has 1 aromatic heterocycles. The molecule has 0 aliphatic carbocycles. The van der Waals surface area contributed by atoms with Crippen LogP contribution < -0.4 is 5.73 Å². The van der Waals surface area contributed by atoms with Crippen molar-refractivity contribution in [2.45, 2.75) is 19.9 Å². The predicted molar refractivity (Wildman–Crippen MR) is 74.5 cm³/mol. The van der Waals surface area contributed by atoms with Crippen LogP contribution in [0.25, 0.3) is 0 Å². The molecule has 0 unspecified atom stereocenters. The standard InChI is InChI=1S/C14H18N4O/c1-2-7-18(14(19)12-8-16-17-9-12)10-11-5-3-4-6-13(11)15/h3-6,8-9H,2,7,10,15H2,1H3,(H,16,17). The van der Waals surface area contributed by atoms with Gasteiger partial charge in [0.25, 0.3) is 5.91 Å². The second kappa shape index (κ2) is 6.04. The van der Waals surface area contributed by atoms with E-state index in [0.29, 0.717) is 24.3 Å². The van der Waals surface area contributed by atoms with Crippen molar-refractivity contribution in [3.8, 4) is 0 Å². The number of amides is 1. The van der Waals surface area contributed by atoms with Gasteiger partial charge in [-0.05, 0) is 18.1 Å². The number of carbonyl (C=O) groups is 1. The molecule has 2 aromatic rings. The number of hydrogen-bond donors (Lipinski definition) is 2. The van der Waals surface area contributed by atoms with Gasteiger partial charge in [0.2, 0.25) is 0 Å². The Morgan fingerprint density at radius 1 is 1.42 bits per heavy atom. The highest BCUT2D eigenvalue weighted by Crippen LogP contribution is 2.15. The van der Waals surface area contributed by atoms with E-state index in [2.05, 4.69) is 10.2 Å². The average molecular weight is 258 g/mol. The van der Waals surface area contributed by atoms with Gasteiger partial charge in [-0.3, -0.25) is 9.89 Å². The minimum atomic E-state index is -0.0288. The minimum absolute atomic E-state index is 0.0288. The van der Waals surface area contributed by atoms with Crippen molar-refractivity contribution in [3.05, 3.63) is 47.8 Å². The molecule has 0 atom stereocenters. The molecule has 0 aliphatic heterocycles. The van der Waals surface area contributed by atoms with Gasteiger partial charge in [0.15, 0.2) is 0 Å². The van der Waals surface area contributed by atoms with Crippen LogP contribution in [0.2, 0.25) is 0 Å². The molecule has 0 spiro atoms. The van der Waals surface area contributed by atoms with Crippen molar-refractivity contribution >= 4 is 11.6 Å². The van der Waals surface area contributed by atoms with E-state index in [1.54, 1.807) is 17.3 Å². The van der Waals surface area contributed by atoms with Crippen molar-refractivity contribution in [3.63, 3.8) is 0 Å². The highest BCUT2D eigenvalue weighted by molar-refractivity contribution is 5.93. The van der Waals surface area contributed by atoms with Crippen molar-refractivity contribution in [2.24, 2.45) is 0 Å². The summed E-state index contributed by atoms with van der Waals surface area (Å²) in [6.07, 6.45) is 4.05. The van der Waals surface area contributed by atoms with E-state index in [9.17, 15) is 4.79 Å². The summed E-state index contributed by atoms with van der Waals surface area (Å²) in [7, 11) is 0. The predicted octanol–water partition coefficient (Wildman–Crippen LogP) is 2.04. The molecule has 1 aromatic carbocycles. The summed E-state index contributed by atoms with van der Waals surface area (Å²) in [5.41, 5.74) is 8.18. The Bertz CT molecular complexity index is 536. The molecule has 19 heavy (non-hydrogen) atoms. The first-order valence-electron chi connectivity index (χ1n) is 6.33. The molecular weight excluding hydrogens is 240 g/mol. The van der Waals surface area contributed by atoms with E-state index >= 15 is 0 Å². The third-order valence-electron chi connectivity index (χ3n) is 2.94. The second-order valence-electron chi connectivity index (χ2n) is 4.41. The number of aromatic amines is 1. The molecular formula is C14H18N4O. The number of anilines is 1. The molecule has 0 fully saturated rings. The molecule has 5 heteroatoms. The maximum atomic E-state index is 12.3. The molecule has 0 saturated carbocycles. The fourth-order valence-corrected chi connectivity index (χ4v) is 1.96. The number of aromatic nitrogens is 2. The molecule has 0 aliphatic rings. The van der Waals surface area contributed by atoms with Gasteiger partial charge in [0.05, 0.1) is 11.8 Å². The zero-order valence-corrected chi connectivity index (χ0v) is 11.0. The fourth-order valence-electron chi connectivity index (χ4n) is 1.96. The third-order valence-corrected chi connectivity index (χ3v) is 2.94. The highest BCUT2D eigenvalue weighted by atomic mass is 16.2. The molecule has 0 bridgehead atoms. The van der Waals surface area contributed by atoms with E-state index < -0.39 is 0 Å². The van der Waals surface area contributed by atoms with E-state index in [1.165, 1.54) is 0 Å². The van der Waals surface area contributed by atoms with Gasteiger partial charge >= 0.3 is 0 Å². The number of H-pyrrole nitrogens is 1. The Balaban J connectivity index is 2.17. The number of nitrogens with one attached hydrogen (secondary N) is 1. The van der Waals surface area contributed by atoms with Gasteiger partial charge in [-0.1, -0.05) is 25.1 Å². The summed E-state index contributed by atoms with van der Waals surface area (Å²) in [5, 5.41) is 6.47. The molecule has 5 nitrogen and oxygen atoms in total. The summed E-state index contributed by atoms with van der Waals surface area (Å²) >= 11 is 0. The summed E-state index contributed by atoms with van der Waals surface area (Å²) < 4.78 is 0. The number of para-hydroxylation sites is 1. The number of nitrogens with zero attached hydrogens (tertiary/aromatic N) is 2. The van der Waals surface area contributed by atoms with Crippen LogP contribution in [-0.2, 0) is 6.54 Å². The van der Waals surface area contributed by atoms with Crippen LogP contribution in [0.4, 0.5) is 5.69 Å². The van der Waals surface area contributed by atoms with Crippen LogP contribution in [0.15, 0.2) is 36.7 Å².